The molecule has 4 heteroatoms. The van der Waals surface area contributed by atoms with E-state index in [0.717, 1.165) is 31.5 Å². The van der Waals surface area contributed by atoms with Crippen LogP contribution >= 0.6 is 0 Å². The number of likely N-dealkylation sites (tertiary alicyclic amines) is 1. The van der Waals surface area contributed by atoms with Crippen molar-refractivity contribution in [2.45, 2.75) is 51.6 Å². The number of rotatable bonds is 5. The van der Waals surface area contributed by atoms with Crippen molar-refractivity contribution in [3.63, 3.8) is 0 Å². The number of hydrogen-bond donors (Lipinski definition) is 0. The standard InChI is InChI=1S/C20H27N3O/c1-15-13-19(16(2)23(15)18-5-6-18)20(24)14-21-11-7-17(8-12-21)22-9-3-4-10-22/h3-4,9-10,13,17-18H,5-8,11-12,14H2,1-2H3. The van der Waals surface area contributed by atoms with Crippen molar-refractivity contribution in [1.29, 1.82) is 0 Å². The summed E-state index contributed by atoms with van der Waals surface area (Å²) in [6.45, 7) is 6.82. The highest BCUT2D eigenvalue weighted by Gasteiger charge is 2.29. The van der Waals surface area contributed by atoms with Crippen molar-refractivity contribution in [3.05, 3.63) is 47.5 Å². The average Bonchev–Trinajstić information content (AvgIpc) is 3.15. The van der Waals surface area contributed by atoms with E-state index in [1.165, 1.54) is 24.2 Å². The van der Waals surface area contributed by atoms with Gasteiger partial charge in [0.1, 0.15) is 0 Å². The van der Waals surface area contributed by atoms with E-state index >= 15 is 0 Å². The van der Waals surface area contributed by atoms with Crippen molar-refractivity contribution in [2.75, 3.05) is 19.6 Å². The molecule has 4 nitrogen and oxygen atoms in total. The van der Waals surface area contributed by atoms with Crippen LogP contribution < -0.4 is 0 Å². The third-order valence-electron chi connectivity index (χ3n) is 5.67. The van der Waals surface area contributed by atoms with Gasteiger partial charge in [-0.05, 0) is 57.7 Å². The molecule has 1 aliphatic heterocycles. The third-order valence-corrected chi connectivity index (χ3v) is 5.67. The Morgan fingerprint density at radius 2 is 1.71 bits per heavy atom. The predicted octanol–water partition coefficient (Wildman–Crippen LogP) is 3.76. The molecule has 0 radical (unpaired) electrons. The smallest absolute Gasteiger partial charge is 0.178 e. The van der Waals surface area contributed by atoms with Gasteiger partial charge in [0.05, 0.1) is 6.54 Å². The first-order chi connectivity index (χ1) is 11.6. The molecule has 0 amide bonds. The molecule has 0 unspecified atom stereocenters. The van der Waals surface area contributed by atoms with Crippen molar-refractivity contribution in [2.24, 2.45) is 0 Å². The number of hydrogen-bond acceptors (Lipinski definition) is 2. The Morgan fingerprint density at radius 1 is 1.04 bits per heavy atom. The monoisotopic (exact) mass is 325 g/mol. The lowest BCUT2D eigenvalue weighted by atomic mass is 10.0. The number of carbonyl (C=O) groups is 1. The number of carbonyl (C=O) groups excluding carboxylic acids is 1. The van der Waals surface area contributed by atoms with Crippen LogP contribution in [-0.2, 0) is 0 Å². The summed E-state index contributed by atoms with van der Waals surface area (Å²) in [6.07, 6.45) is 9.08. The second kappa shape index (κ2) is 6.25. The Balaban J connectivity index is 1.38. The zero-order chi connectivity index (χ0) is 16.7. The van der Waals surface area contributed by atoms with Gasteiger partial charge in [-0.2, -0.15) is 0 Å². The van der Waals surface area contributed by atoms with Gasteiger partial charge >= 0.3 is 0 Å². The van der Waals surface area contributed by atoms with Crippen LogP contribution in [0.5, 0.6) is 0 Å². The molecule has 0 aromatic carbocycles. The fraction of sp³-hybridized carbons (Fsp3) is 0.550. The number of aromatic nitrogens is 2. The van der Waals surface area contributed by atoms with E-state index in [1.807, 2.05) is 0 Å². The summed E-state index contributed by atoms with van der Waals surface area (Å²) in [4.78, 5) is 15.1. The molecule has 2 aromatic heterocycles. The first-order valence-electron chi connectivity index (χ1n) is 9.20. The number of Topliss-reactive ketones (excluding diaryl/α,β-unsaturated/α-hetero) is 1. The fourth-order valence-corrected chi connectivity index (χ4v) is 4.21. The molecule has 128 valence electrons. The van der Waals surface area contributed by atoms with Crippen LogP contribution in [0.15, 0.2) is 30.6 Å². The maximum Gasteiger partial charge on any atom is 0.178 e. The molecule has 2 aliphatic rings. The van der Waals surface area contributed by atoms with Crippen LogP contribution in [0.4, 0.5) is 0 Å². The average molecular weight is 325 g/mol. The van der Waals surface area contributed by atoms with Crippen LogP contribution in [-0.4, -0.2) is 39.5 Å². The summed E-state index contributed by atoms with van der Waals surface area (Å²) in [7, 11) is 0. The zero-order valence-electron chi connectivity index (χ0n) is 14.7. The first kappa shape index (κ1) is 15.7. The van der Waals surface area contributed by atoms with E-state index < -0.39 is 0 Å². The molecule has 1 saturated heterocycles. The Labute approximate surface area is 144 Å². The fourth-order valence-electron chi connectivity index (χ4n) is 4.21. The van der Waals surface area contributed by atoms with E-state index in [0.29, 0.717) is 18.6 Å². The Kier molecular flexibility index (Phi) is 4.09. The number of piperidine rings is 1. The van der Waals surface area contributed by atoms with Gasteiger partial charge in [-0.25, -0.2) is 0 Å². The van der Waals surface area contributed by atoms with Gasteiger partial charge in [-0.1, -0.05) is 0 Å². The highest BCUT2D eigenvalue weighted by atomic mass is 16.1. The van der Waals surface area contributed by atoms with Crippen molar-refractivity contribution >= 4 is 5.78 Å². The van der Waals surface area contributed by atoms with Crippen molar-refractivity contribution < 1.29 is 4.79 Å². The maximum absolute atomic E-state index is 12.8. The van der Waals surface area contributed by atoms with Crippen LogP contribution in [0.1, 0.15) is 59.5 Å². The Bertz CT molecular complexity index is 716. The molecule has 2 aromatic rings. The van der Waals surface area contributed by atoms with Crippen molar-refractivity contribution in [3.8, 4) is 0 Å². The largest absolute Gasteiger partial charge is 0.351 e. The van der Waals surface area contributed by atoms with Crippen LogP contribution in [0.3, 0.4) is 0 Å². The minimum Gasteiger partial charge on any atom is -0.351 e. The molecule has 3 heterocycles. The second-order valence-electron chi connectivity index (χ2n) is 7.45. The maximum atomic E-state index is 12.8. The molecule has 1 saturated carbocycles. The van der Waals surface area contributed by atoms with Crippen LogP contribution in [0.2, 0.25) is 0 Å². The van der Waals surface area contributed by atoms with Gasteiger partial charge < -0.3 is 9.13 Å². The summed E-state index contributed by atoms with van der Waals surface area (Å²) in [5.41, 5.74) is 3.35. The SMILES string of the molecule is Cc1cc(C(=O)CN2CCC(n3cccc3)CC2)c(C)n1C1CC1. The molecule has 0 atom stereocenters. The van der Waals surface area contributed by atoms with Crippen molar-refractivity contribution in [1.82, 2.24) is 14.0 Å². The van der Waals surface area contributed by atoms with E-state index in [9.17, 15) is 4.79 Å². The molecule has 0 N–H and O–H groups in total. The van der Waals surface area contributed by atoms with E-state index in [2.05, 4.69) is 58.5 Å². The lowest BCUT2D eigenvalue weighted by molar-refractivity contribution is 0.0897. The quantitative estimate of drug-likeness (QED) is 0.784. The van der Waals surface area contributed by atoms with Gasteiger partial charge in [-0.3, -0.25) is 9.69 Å². The summed E-state index contributed by atoms with van der Waals surface area (Å²) in [6, 6.07) is 7.51. The number of aryl methyl sites for hydroxylation is 1. The summed E-state index contributed by atoms with van der Waals surface area (Å²) in [5.74, 6) is 0.286. The molecule has 24 heavy (non-hydrogen) atoms. The summed E-state index contributed by atoms with van der Waals surface area (Å²) >= 11 is 0. The molecular formula is C20H27N3O. The van der Waals surface area contributed by atoms with Gasteiger partial charge in [0.15, 0.2) is 5.78 Å². The highest BCUT2D eigenvalue weighted by Crippen LogP contribution is 2.38. The molecule has 0 spiro atoms. The lowest BCUT2D eigenvalue weighted by Gasteiger charge is -2.32. The molecular weight excluding hydrogens is 298 g/mol. The molecule has 0 bridgehead atoms. The summed E-state index contributed by atoms with van der Waals surface area (Å²) < 4.78 is 4.67. The highest BCUT2D eigenvalue weighted by molar-refractivity contribution is 5.99. The van der Waals surface area contributed by atoms with Gasteiger partial charge in [0.25, 0.3) is 0 Å². The normalized spacial score (nSPS) is 19.8. The summed E-state index contributed by atoms with van der Waals surface area (Å²) in [5, 5.41) is 0. The Hall–Kier alpha value is -1.81. The topological polar surface area (TPSA) is 30.2 Å². The predicted molar refractivity (Wildman–Crippen MR) is 95.7 cm³/mol. The van der Waals surface area contributed by atoms with E-state index in [4.69, 9.17) is 0 Å². The molecule has 4 rings (SSSR count). The second-order valence-corrected chi connectivity index (χ2v) is 7.45. The minimum atomic E-state index is 0.286. The number of ketones is 1. The van der Waals surface area contributed by atoms with Crippen LogP contribution in [0.25, 0.3) is 0 Å². The van der Waals surface area contributed by atoms with Crippen LogP contribution in [0, 0.1) is 13.8 Å². The zero-order valence-corrected chi connectivity index (χ0v) is 14.7. The molecule has 2 fully saturated rings. The van der Waals surface area contributed by atoms with E-state index in [-0.39, 0.29) is 5.78 Å². The van der Waals surface area contributed by atoms with Gasteiger partial charge in [0, 0.05) is 54.5 Å². The van der Waals surface area contributed by atoms with Gasteiger partial charge in [-0.15, -0.1) is 0 Å². The number of nitrogens with zero attached hydrogens (tertiary/aromatic N) is 3. The third kappa shape index (κ3) is 2.95. The molecule has 1 aliphatic carbocycles. The van der Waals surface area contributed by atoms with Gasteiger partial charge in [0.2, 0.25) is 0 Å². The van der Waals surface area contributed by atoms with E-state index in [1.54, 1.807) is 0 Å². The first-order valence-corrected chi connectivity index (χ1v) is 9.20. The lowest BCUT2D eigenvalue weighted by Crippen LogP contribution is -2.38. The minimum absolute atomic E-state index is 0.286. The Morgan fingerprint density at radius 3 is 2.33 bits per heavy atom.